The van der Waals surface area contributed by atoms with E-state index in [0.717, 1.165) is 0 Å². The molecule has 0 saturated heterocycles. The molecule has 0 radical (unpaired) electrons. The highest BCUT2D eigenvalue weighted by molar-refractivity contribution is 7.26. The molecule has 0 aromatic carbocycles. The summed E-state index contributed by atoms with van der Waals surface area (Å²) >= 11 is 5.75. The largest absolute Gasteiger partial charge is 0.143 e. The van der Waals surface area contributed by atoms with E-state index in [4.69, 9.17) is 0 Å². The minimum absolute atomic E-state index is 1.26. The lowest BCUT2D eigenvalue weighted by molar-refractivity contribution is 0.532. The summed E-state index contributed by atoms with van der Waals surface area (Å²) in [7, 11) is 0. The zero-order valence-corrected chi connectivity index (χ0v) is 22.5. The van der Waals surface area contributed by atoms with Gasteiger partial charge in [0.2, 0.25) is 0 Å². The van der Waals surface area contributed by atoms with Crippen LogP contribution in [0.25, 0.3) is 19.5 Å². The third-order valence-electron chi connectivity index (χ3n) is 6.30. The number of hydrogen-bond acceptors (Lipinski definition) is 3. The second-order valence-electron chi connectivity index (χ2n) is 9.11. The van der Waals surface area contributed by atoms with Gasteiger partial charge in [-0.2, -0.15) is 0 Å². The van der Waals surface area contributed by atoms with Crippen molar-refractivity contribution >= 4 is 34.0 Å². The Morgan fingerprint density at radius 1 is 0.500 bits per heavy atom. The van der Waals surface area contributed by atoms with Gasteiger partial charge in [0.1, 0.15) is 0 Å². The van der Waals surface area contributed by atoms with Crippen LogP contribution in [-0.2, 0) is 6.42 Å². The molecule has 0 amide bonds. The van der Waals surface area contributed by atoms with Crippen molar-refractivity contribution in [2.45, 2.75) is 110 Å². The summed E-state index contributed by atoms with van der Waals surface area (Å²) in [6.07, 6.45) is 22.8. The molecule has 0 saturated carbocycles. The van der Waals surface area contributed by atoms with Gasteiger partial charge in [0, 0.05) is 24.4 Å². The second kappa shape index (κ2) is 15.9. The molecular formula is C29H42S3. The standard InChI is InChI=1S/C29H42S3/c1-2-3-4-5-6-7-8-9-10-11-12-13-14-15-16-18-25-20-21-28(31-25)29-23-22-27(32-29)26-19-17-24-30-26/h17,19-24H,2-16,18H2,1H3. The SMILES string of the molecule is CCCCCCCCCCCCCCCCCc1ccc(-c2ccc(-c3cccs3)s2)s1. The Morgan fingerprint density at radius 3 is 1.56 bits per heavy atom. The van der Waals surface area contributed by atoms with Crippen molar-refractivity contribution in [2.24, 2.45) is 0 Å². The Kier molecular flexibility index (Phi) is 12.7. The second-order valence-corrected chi connectivity index (χ2v) is 12.3. The van der Waals surface area contributed by atoms with Gasteiger partial charge in [0.05, 0.1) is 0 Å². The molecule has 0 spiro atoms. The van der Waals surface area contributed by atoms with Crippen LogP contribution in [0.2, 0.25) is 0 Å². The molecule has 0 aliphatic heterocycles. The molecule has 0 bridgehead atoms. The molecule has 0 aliphatic rings. The Bertz CT molecular complexity index is 824. The van der Waals surface area contributed by atoms with Crippen LogP contribution in [0.3, 0.4) is 0 Å². The molecule has 0 atom stereocenters. The summed E-state index contributed by atoms with van der Waals surface area (Å²) in [4.78, 5) is 7.19. The average molecular weight is 487 g/mol. The van der Waals surface area contributed by atoms with Gasteiger partial charge >= 0.3 is 0 Å². The first-order chi connectivity index (χ1) is 15.9. The van der Waals surface area contributed by atoms with E-state index in [1.807, 2.05) is 34.0 Å². The van der Waals surface area contributed by atoms with Crippen LogP contribution >= 0.6 is 34.0 Å². The van der Waals surface area contributed by atoms with Crippen LogP contribution in [0.15, 0.2) is 41.8 Å². The maximum absolute atomic E-state index is 2.36. The summed E-state index contributed by atoms with van der Waals surface area (Å²) in [6.45, 7) is 2.30. The Labute approximate surface area is 209 Å². The molecule has 32 heavy (non-hydrogen) atoms. The summed E-state index contributed by atoms with van der Waals surface area (Å²) < 4.78 is 0. The fourth-order valence-corrected chi connectivity index (χ4v) is 7.32. The van der Waals surface area contributed by atoms with Gasteiger partial charge in [-0.1, -0.05) is 103 Å². The Balaban J connectivity index is 1.17. The molecule has 3 aromatic rings. The normalized spacial score (nSPS) is 11.4. The number of rotatable bonds is 18. The van der Waals surface area contributed by atoms with E-state index in [1.165, 1.54) is 122 Å². The smallest absolute Gasteiger partial charge is 0.0449 e. The molecule has 176 valence electrons. The number of hydrogen-bond donors (Lipinski definition) is 0. The first-order valence-electron chi connectivity index (χ1n) is 13.1. The van der Waals surface area contributed by atoms with Crippen molar-refractivity contribution in [3.8, 4) is 19.5 Å². The van der Waals surface area contributed by atoms with Gasteiger partial charge < -0.3 is 0 Å². The lowest BCUT2D eigenvalue weighted by Gasteiger charge is -2.03. The van der Waals surface area contributed by atoms with Crippen LogP contribution in [-0.4, -0.2) is 0 Å². The van der Waals surface area contributed by atoms with Crippen molar-refractivity contribution < 1.29 is 0 Å². The van der Waals surface area contributed by atoms with Gasteiger partial charge in [-0.25, -0.2) is 0 Å². The Morgan fingerprint density at radius 2 is 1.00 bits per heavy atom. The topological polar surface area (TPSA) is 0 Å². The zero-order chi connectivity index (χ0) is 22.3. The number of thiophene rings is 3. The van der Waals surface area contributed by atoms with Gasteiger partial charge in [-0.15, -0.1) is 34.0 Å². The van der Waals surface area contributed by atoms with Crippen LogP contribution in [0.5, 0.6) is 0 Å². The first-order valence-corrected chi connectivity index (χ1v) is 15.6. The fourth-order valence-electron chi connectivity index (χ4n) is 4.34. The third-order valence-corrected chi connectivity index (χ3v) is 9.79. The van der Waals surface area contributed by atoms with Crippen LogP contribution in [0.4, 0.5) is 0 Å². The minimum Gasteiger partial charge on any atom is -0.143 e. The van der Waals surface area contributed by atoms with Crippen molar-refractivity contribution in [3.05, 3.63) is 46.7 Å². The summed E-state index contributed by atoms with van der Waals surface area (Å²) in [5.41, 5.74) is 0. The van der Waals surface area contributed by atoms with E-state index >= 15 is 0 Å². The van der Waals surface area contributed by atoms with E-state index in [2.05, 4.69) is 48.7 Å². The fraction of sp³-hybridized carbons (Fsp3) is 0.586. The van der Waals surface area contributed by atoms with Gasteiger partial charge in [-0.05, 0) is 48.6 Å². The monoisotopic (exact) mass is 486 g/mol. The molecule has 3 rings (SSSR count). The van der Waals surface area contributed by atoms with E-state index in [0.29, 0.717) is 0 Å². The van der Waals surface area contributed by atoms with Gasteiger partial charge in [0.25, 0.3) is 0 Å². The summed E-state index contributed by atoms with van der Waals surface area (Å²) in [6, 6.07) is 13.6. The average Bonchev–Trinajstić information content (AvgIpc) is 3.57. The highest BCUT2D eigenvalue weighted by Gasteiger charge is 2.08. The van der Waals surface area contributed by atoms with Crippen LogP contribution in [0, 0.1) is 0 Å². The van der Waals surface area contributed by atoms with Crippen molar-refractivity contribution in [3.63, 3.8) is 0 Å². The van der Waals surface area contributed by atoms with Crippen molar-refractivity contribution in [1.29, 1.82) is 0 Å². The van der Waals surface area contributed by atoms with E-state index < -0.39 is 0 Å². The molecule has 0 unspecified atom stereocenters. The summed E-state index contributed by atoms with van der Waals surface area (Å²) in [5.74, 6) is 0. The molecule has 0 nitrogen and oxygen atoms in total. The molecule has 3 heterocycles. The highest BCUT2D eigenvalue weighted by atomic mass is 32.1. The number of unbranched alkanes of at least 4 members (excludes halogenated alkanes) is 14. The third kappa shape index (κ3) is 9.53. The lowest BCUT2D eigenvalue weighted by atomic mass is 10.0. The first kappa shape index (κ1) is 25.7. The molecule has 0 fully saturated rings. The molecule has 3 aromatic heterocycles. The molecular weight excluding hydrogens is 445 g/mol. The van der Waals surface area contributed by atoms with Crippen molar-refractivity contribution in [2.75, 3.05) is 0 Å². The van der Waals surface area contributed by atoms with Gasteiger partial charge in [0.15, 0.2) is 0 Å². The predicted molar refractivity (Wildman–Crippen MR) is 150 cm³/mol. The van der Waals surface area contributed by atoms with E-state index in [9.17, 15) is 0 Å². The summed E-state index contributed by atoms with van der Waals surface area (Å²) in [5, 5.41) is 2.16. The maximum atomic E-state index is 2.36. The molecule has 3 heteroatoms. The maximum Gasteiger partial charge on any atom is 0.0449 e. The molecule has 0 N–H and O–H groups in total. The number of aryl methyl sites for hydroxylation is 1. The minimum atomic E-state index is 1.26. The van der Waals surface area contributed by atoms with E-state index in [1.54, 1.807) is 4.88 Å². The molecule has 0 aliphatic carbocycles. The predicted octanol–water partition coefficient (Wildman–Crippen LogP) is 11.6. The quantitative estimate of drug-likeness (QED) is 0.157. The lowest BCUT2D eigenvalue weighted by Crippen LogP contribution is -1.84. The van der Waals surface area contributed by atoms with Crippen molar-refractivity contribution in [1.82, 2.24) is 0 Å². The zero-order valence-electron chi connectivity index (χ0n) is 20.1. The van der Waals surface area contributed by atoms with Crippen LogP contribution < -0.4 is 0 Å². The highest BCUT2D eigenvalue weighted by Crippen LogP contribution is 2.39. The van der Waals surface area contributed by atoms with E-state index in [-0.39, 0.29) is 0 Å². The van der Waals surface area contributed by atoms with Crippen LogP contribution in [0.1, 0.15) is 108 Å². The Hall–Kier alpha value is -0.900. The van der Waals surface area contributed by atoms with Gasteiger partial charge in [-0.3, -0.25) is 0 Å².